The Balaban J connectivity index is 1.91. The largest absolute Gasteiger partial charge is 0.462 e. The topological polar surface area (TPSA) is 103 Å². The molecule has 1 N–H and O–H groups in total. The van der Waals surface area contributed by atoms with Crippen LogP contribution in [-0.4, -0.2) is 52.4 Å². The summed E-state index contributed by atoms with van der Waals surface area (Å²) in [6.45, 7) is 6.02. The van der Waals surface area contributed by atoms with Crippen LogP contribution >= 0.6 is 23.4 Å². The highest BCUT2D eigenvalue weighted by atomic mass is 35.5. The Labute approximate surface area is 194 Å². The number of ketones is 1. The van der Waals surface area contributed by atoms with Gasteiger partial charge in [-0.1, -0.05) is 23.4 Å². The number of rotatable bonds is 9. The average Bonchev–Trinajstić information content (AvgIpc) is 3.05. The van der Waals surface area contributed by atoms with Crippen molar-refractivity contribution in [3.8, 4) is 0 Å². The predicted molar refractivity (Wildman–Crippen MR) is 124 cm³/mol. The van der Waals surface area contributed by atoms with Crippen LogP contribution in [0.15, 0.2) is 28.2 Å². The number of ether oxygens (including phenoxy) is 2. The Hall–Kier alpha value is -2.62. The van der Waals surface area contributed by atoms with E-state index in [1.165, 1.54) is 4.57 Å². The molecule has 0 aliphatic rings. The van der Waals surface area contributed by atoms with E-state index in [0.717, 1.165) is 11.8 Å². The summed E-state index contributed by atoms with van der Waals surface area (Å²) < 4.78 is 11.7. The molecule has 2 heterocycles. The molecule has 0 radical (unpaired) electrons. The molecule has 0 saturated heterocycles. The van der Waals surface area contributed by atoms with Gasteiger partial charge >= 0.3 is 5.97 Å². The summed E-state index contributed by atoms with van der Waals surface area (Å²) in [5.74, 6) is -0.661. The first-order valence-electron chi connectivity index (χ1n) is 9.99. The van der Waals surface area contributed by atoms with Crippen LogP contribution in [0.5, 0.6) is 0 Å². The van der Waals surface area contributed by atoms with Crippen LogP contribution in [-0.2, 0) is 16.0 Å². The van der Waals surface area contributed by atoms with E-state index in [2.05, 4.69) is 9.97 Å². The molecule has 3 rings (SSSR count). The summed E-state index contributed by atoms with van der Waals surface area (Å²) in [5.41, 5.74) is 2.06. The van der Waals surface area contributed by atoms with Gasteiger partial charge in [0.25, 0.3) is 5.56 Å². The van der Waals surface area contributed by atoms with Gasteiger partial charge in [-0.25, -0.2) is 9.78 Å². The molecular formula is C22H24ClN3O5S. The van der Waals surface area contributed by atoms with Gasteiger partial charge in [-0.3, -0.25) is 14.2 Å². The van der Waals surface area contributed by atoms with E-state index in [1.807, 2.05) is 0 Å². The second kappa shape index (κ2) is 10.3. The van der Waals surface area contributed by atoms with Gasteiger partial charge < -0.3 is 14.5 Å². The fourth-order valence-electron chi connectivity index (χ4n) is 3.40. The maximum Gasteiger partial charge on any atom is 0.340 e. The molecule has 0 unspecified atom stereocenters. The van der Waals surface area contributed by atoms with Crippen LogP contribution < -0.4 is 5.56 Å². The summed E-state index contributed by atoms with van der Waals surface area (Å²) >= 11 is 7.21. The molecule has 8 nitrogen and oxygen atoms in total. The van der Waals surface area contributed by atoms with E-state index in [-0.39, 0.29) is 23.7 Å². The first-order chi connectivity index (χ1) is 15.3. The minimum absolute atomic E-state index is 0.0224. The molecule has 0 spiro atoms. The summed E-state index contributed by atoms with van der Waals surface area (Å²) in [6.07, 6.45) is 0. The van der Waals surface area contributed by atoms with Crippen LogP contribution in [0.2, 0.25) is 5.02 Å². The van der Waals surface area contributed by atoms with Gasteiger partial charge in [-0.05, 0) is 44.5 Å². The fraction of sp³-hybridized carbons (Fsp3) is 0.364. The number of aryl methyl sites for hydroxylation is 1. The SMILES string of the molecule is CCOC(=O)c1c(C)[nH]c(C(=O)CSc2nc3cc(Cl)ccc3c(=O)n2CCOC)c1C. The van der Waals surface area contributed by atoms with Gasteiger partial charge in [0, 0.05) is 17.8 Å². The third-order valence-corrected chi connectivity index (χ3v) is 6.14. The first-order valence-corrected chi connectivity index (χ1v) is 11.4. The van der Waals surface area contributed by atoms with Crippen molar-refractivity contribution in [1.82, 2.24) is 14.5 Å². The molecule has 1 aromatic carbocycles. The number of nitrogens with one attached hydrogen (secondary N) is 1. The smallest absolute Gasteiger partial charge is 0.340 e. The molecule has 0 aliphatic heterocycles. The zero-order valence-corrected chi connectivity index (χ0v) is 19.9. The van der Waals surface area contributed by atoms with Gasteiger partial charge in [0.15, 0.2) is 10.9 Å². The van der Waals surface area contributed by atoms with Crippen molar-refractivity contribution in [2.24, 2.45) is 0 Å². The minimum atomic E-state index is -0.466. The van der Waals surface area contributed by atoms with E-state index in [0.29, 0.717) is 56.7 Å². The number of methoxy groups -OCH3 is 1. The molecule has 0 atom stereocenters. The first kappa shape index (κ1) is 24.0. The molecular weight excluding hydrogens is 454 g/mol. The second-order valence-electron chi connectivity index (χ2n) is 7.06. The normalized spacial score (nSPS) is 11.2. The maximum atomic E-state index is 13.0. The van der Waals surface area contributed by atoms with Crippen molar-refractivity contribution in [2.45, 2.75) is 32.5 Å². The molecule has 0 fully saturated rings. The van der Waals surface area contributed by atoms with E-state index >= 15 is 0 Å². The number of nitrogens with zero attached hydrogens (tertiary/aromatic N) is 2. The Morgan fingerprint density at radius 3 is 2.72 bits per heavy atom. The fourth-order valence-corrected chi connectivity index (χ4v) is 4.47. The van der Waals surface area contributed by atoms with Gasteiger partial charge in [-0.15, -0.1) is 0 Å². The number of thioether (sulfide) groups is 1. The Morgan fingerprint density at radius 1 is 1.28 bits per heavy atom. The summed E-state index contributed by atoms with van der Waals surface area (Å²) in [7, 11) is 1.55. The number of hydrogen-bond acceptors (Lipinski definition) is 7. The highest BCUT2D eigenvalue weighted by molar-refractivity contribution is 7.99. The highest BCUT2D eigenvalue weighted by Gasteiger charge is 2.23. The molecule has 0 amide bonds. The molecule has 0 saturated carbocycles. The summed E-state index contributed by atoms with van der Waals surface area (Å²) in [6, 6.07) is 4.90. The number of carbonyl (C=O) groups is 2. The number of benzene rings is 1. The van der Waals surface area contributed by atoms with Gasteiger partial charge in [0.1, 0.15) is 0 Å². The quantitative estimate of drug-likeness (QED) is 0.216. The van der Waals surface area contributed by atoms with E-state index in [4.69, 9.17) is 21.1 Å². The van der Waals surface area contributed by atoms with Crippen LogP contribution in [0.25, 0.3) is 10.9 Å². The predicted octanol–water partition coefficient (Wildman–Crippen LogP) is 3.79. The molecule has 0 bridgehead atoms. The third kappa shape index (κ3) is 4.90. The van der Waals surface area contributed by atoms with Gasteiger partial charge in [0.05, 0.1) is 47.7 Å². The van der Waals surface area contributed by atoms with Crippen LogP contribution in [0.4, 0.5) is 0 Å². The second-order valence-corrected chi connectivity index (χ2v) is 8.44. The van der Waals surface area contributed by atoms with Crippen molar-refractivity contribution < 1.29 is 19.1 Å². The zero-order chi connectivity index (χ0) is 23.4. The number of hydrogen-bond donors (Lipinski definition) is 1. The number of aromatic amines is 1. The average molecular weight is 478 g/mol. The number of halogens is 1. The highest BCUT2D eigenvalue weighted by Crippen LogP contribution is 2.24. The molecule has 170 valence electrons. The lowest BCUT2D eigenvalue weighted by atomic mass is 10.1. The third-order valence-electron chi connectivity index (χ3n) is 4.93. The Morgan fingerprint density at radius 2 is 2.03 bits per heavy atom. The van der Waals surface area contributed by atoms with E-state index in [1.54, 1.807) is 46.1 Å². The summed E-state index contributed by atoms with van der Waals surface area (Å²) in [5, 5.41) is 1.30. The number of H-pyrrole nitrogens is 1. The number of Topliss-reactive ketones (excluding diaryl/α,β-unsaturated/α-hetero) is 1. The molecule has 2 aromatic heterocycles. The van der Waals surface area contributed by atoms with Crippen molar-refractivity contribution in [2.75, 3.05) is 26.1 Å². The van der Waals surface area contributed by atoms with E-state index < -0.39 is 5.97 Å². The molecule has 32 heavy (non-hydrogen) atoms. The number of esters is 1. The Kier molecular flexibility index (Phi) is 7.76. The van der Waals surface area contributed by atoms with Crippen molar-refractivity contribution >= 4 is 46.0 Å². The Bertz CT molecular complexity index is 1230. The lowest BCUT2D eigenvalue weighted by Crippen LogP contribution is -2.25. The standard InChI is InChI=1S/C22H24ClN3O5S/c1-5-31-21(29)18-12(2)19(24-13(18)3)17(27)11-32-22-25-16-10-14(23)6-7-15(16)20(28)26(22)8-9-30-4/h6-7,10,24H,5,8-9,11H2,1-4H3. The minimum Gasteiger partial charge on any atom is -0.462 e. The number of aromatic nitrogens is 3. The molecule has 0 aliphatic carbocycles. The van der Waals surface area contributed by atoms with Crippen LogP contribution in [0.1, 0.15) is 39.0 Å². The molecule has 10 heteroatoms. The zero-order valence-electron chi connectivity index (χ0n) is 18.3. The lowest BCUT2D eigenvalue weighted by Gasteiger charge is -2.12. The van der Waals surface area contributed by atoms with Crippen molar-refractivity contribution in [3.63, 3.8) is 0 Å². The van der Waals surface area contributed by atoms with Gasteiger partial charge in [0.2, 0.25) is 0 Å². The van der Waals surface area contributed by atoms with Gasteiger partial charge in [-0.2, -0.15) is 0 Å². The lowest BCUT2D eigenvalue weighted by molar-refractivity contribution is 0.0525. The van der Waals surface area contributed by atoms with Crippen molar-refractivity contribution in [1.29, 1.82) is 0 Å². The number of carbonyl (C=O) groups excluding carboxylic acids is 2. The van der Waals surface area contributed by atoms with Crippen LogP contribution in [0, 0.1) is 13.8 Å². The van der Waals surface area contributed by atoms with E-state index in [9.17, 15) is 14.4 Å². The monoisotopic (exact) mass is 477 g/mol. The molecule has 3 aromatic rings. The maximum absolute atomic E-state index is 13.0. The van der Waals surface area contributed by atoms with Crippen molar-refractivity contribution in [3.05, 3.63) is 56.1 Å². The van der Waals surface area contributed by atoms with Crippen LogP contribution in [0.3, 0.4) is 0 Å². The summed E-state index contributed by atoms with van der Waals surface area (Å²) in [4.78, 5) is 45.7. The number of fused-ring (bicyclic) bond motifs is 1.